The largest absolute Gasteiger partial charge is 0.394 e. The molecule has 13 heavy (non-hydrogen) atoms. The van der Waals surface area contributed by atoms with Gasteiger partial charge in [-0.25, -0.2) is 0 Å². The van der Waals surface area contributed by atoms with Gasteiger partial charge in [-0.15, -0.1) is 0 Å². The number of aliphatic hydroxyl groups is 1. The summed E-state index contributed by atoms with van der Waals surface area (Å²) < 4.78 is 0. The van der Waals surface area contributed by atoms with Crippen molar-refractivity contribution in [3.05, 3.63) is 0 Å². The number of rotatable bonds is 7. The molecule has 3 heteroatoms. The Hall–Kier alpha value is -0.120. The van der Waals surface area contributed by atoms with Gasteiger partial charge in [0.05, 0.1) is 6.61 Å². The minimum absolute atomic E-state index is 0.0595. The topological polar surface area (TPSA) is 35.5 Å². The molecule has 80 valence electrons. The van der Waals surface area contributed by atoms with Crippen LogP contribution >= 0.6 is 0 Å². The smallest absolute Gasteiger partial charge is 0.0613 e. The molecule has 0 bridgehead atoms. The summed E-state index contributed by atoms with van der Waals surface area (Å²) in [6.45, 7) is 6.41. The first kappa shape index (κ1) is 12.9. The van der Waals surface area contributed by atoms with Crippen LogP contribution < -0.4 is 5.32 Å². The van der Waals surface area contributed by atoms with Crippen LogP contribution in [0.15, 0.2) is 0 Å². The summed E-state index contributed by atoms with van der Waals surface area (Å²) in [6.07, 6.45) is 1.96. The van der Waals surface area contributed by atoms with Crippen LogP contribution in [0.3, 0.4) is 0 Å². The molecule has 0 aliphatic rings. The van der Waals surface area contributed by atoms with E-state index in [1.165, 1.54) is 0 Å². The van der Waals surface area contributed by atoms with Gasteiger partial charge < -0.3 is 15.3 Å². The van der Waals surface area contributed by atoms with Gasteiger partial charge in [0.15, 0.2) is 0 Å². The summed E-state index contributed by atoms with van der Waals surface area (Å²) in [5.41, 5.74) is -0.0595. The van der Waals surface area contributed by atoms with Gasteiger partial charge in [0, 0.05) is 18.6 Å². The second-order valence-electron chi connectivity index (χ2n) is 3.88. The van der Waals surface area contributed by atoms with Gasteiger partial charge in [0.2, 0.25) is 0 Å². The second kappa shape index (κ2) is 6.35. The van der Waals surface area contributed by atoms with E-state index < -0.39 is 0 Å². The Bertz CT molecular complexity index is 114. The zero-order valence-electron chi connectivity index (χ0n) is 9.43. The van der Waals surface area contributed by atoms with Crippen LogP contribution in [0.4, 0.5) is 0 Å². The van der Waals surface area contributed by atoms with Crippen molar-refractivity contribution in [2.75, 3.05) is 33.8 Å². The lowest BCUT2D eigenvalue weighted by atomic mass is 9.94. The van der Waals surface area contributed by atoms with Crippen LogP contribution in [0.5, 0.6) is 0 Å². The molecule has 0 aromatic rings. The van der Waals surface area contributed by atoms with Crippen LogP contribution in [0, 0.1) is 0 Å². The van der Waals surface area contributed by atoms with E-state index in [-0.39, 0.29) is 12.1 Å². The van der Waals surface area contributed by atoms with Crippen molar-refractivity contribution in [1.29, 1.82) is 0 Å². The van der Waals surface area contributed by atoms with E-state index in [1.54, 1.807) is 0 Å². The maximum absolute atomic E-state index is 9.27. The van der Waals surface area contributed by atoms with Gasteiger partial charge in [0.1, 0.15) is 0 Å². The van der Waals surface area contributed by atoms with E-state index in [0.717, 1.165) is 25.9 Å². The molecule has 0 unspecified atom stereocenters. The first-order valence-electron chi connectivity index (χ1n) is 5.11. The summed E-state index contributed by atoms with van der Waals surface area (Å²) in [5.74, 6) is 0. The molecule has 0 aliphatic heterocycles. The van der Waals surface area contributed by atoms with Crippen molar-refractivity contribution < 1.29 is 5.11 Å². The quantitative estimate of drug-likeness (QED) is 0.617. The van der Waals surface area contributed by atoms with E-state index in [9.17, 15) is 5.11 Å². The van der Waals surface area contributed by atoms with Crippen molar-refractivity contribution >= 4 is 0 Å². The predicted molar refractivity (Wildman–Crippen MR) is 57.0 cm³/mol. The van der Waals surface area contributed by atoms with Crippen LogP contribution in [-0.4, -0.2) is 49.3 Å². The van der Waals surface area contributed by atoms with E-state index >= 15 is 0 Å². The first-order valence-corrected chi connectivity index (χ1v) is 5.11. The molecule has 0 spiro atoms. The maximum atomic E-state index is 9.27. The predicted octanol–water partition coefficient (Wildman–Crippen LogP) is 0.689. The van der Waals surface area contributed by atoms with Gasteiger partial charge in [-0.2, -0.15) is 0 Å². The lowest BCUT2D eigenvalue weighted by Gasteiger charge is -2.31. The molecule has 3 nitrogen and oxygen atoms in total. The van der Waals surface area contributed by atoms with Gasteiger partial charge in [-0.1, -0.05) is 13.8 Å². The van der Waals surface area contributed by atoms with Crippen molar-refractivity contribution in [1.82, 2.24) is 10.2 Å². The fraction of sp³-hybridized carbons (Fsp3) is 1.00. The Morgan fingerprint density at radius 3 is 2.08 bits per heavy atom. The van der Waals surface area contributed by atoms with Crippen LogP contribution in [-0.2, 0) is 0 Å². The average Bonchev–Trinajstić information content (AvgIpc) is 2.13. The fourth-order valence-electron chi connectivity index (χ4n) is 1.32. The molecule has 0 radical (unpaired) electrons. The molecule has 0 heterocycles. The summed E-state index contributed by atoms with van der Waals surface area (Å²) >= 11 is 0. The van der Waals surface area contributed by atoms with Crippen molar-refractivity contribution in [2.45, 2.75) is 32.2 Å². The fourth-order valence-corrected chi connectivity index (χ4v) is 1.32. The summed E-state index contributed by atoms with van der Waals surface area (Å²) in [6, 6.07) is 0. The number of nitrogens with one attached hydrogen (secondary N) is 1. The molecule has 0 aromatic heterocycles. The standard InChI is InChI=1S/C10H24N2O/c1-5-10(6-2,9-13)11-7-8-12(3)4/h11,13H,5-9H2,1-4H3. The monoisotopic (exact) mass is 188 g/mol. The molecule has 0 saturated heterocycles. The Morgan fingerprint density at radius 2 is 1.77 bits per heavy atom. The molecule has 0 amide bonds. The third-order valence-corrected chi connectivity index (χ3v) is 2.72. The third kappa shape index (κ3) is 4.60. The Balaban J connectivity index is 3.81. The Labute approximate surface area is 82.1 Å². The van der Waals surface area contributed by atoms with Crippen LogP contribution in [0.2, 0.25) is 0 Å². The summed E-state index contributed by atoms with van der Waals surface area (Å²) in [5, 5.41) is 12.7. The molecule has 2 N–H and O–H groups in total. The molecule has 0 fully saturated rings. The number of likely N-dealkylation sites (N-methyl/N-ethyl adjacent to an activating group) is 1. The third-order valence-electron chi connectivity index (χ3n) is 2.72. The van der Waals surface area contributed by atoms with E-state index in [4.69, 9.17) is 0 Å². The minimum Gasteiger partial charge on any atom is -0.394 e. The van der Waals surface area contributed by atoms with Crippen molar-refractivity contribution in [3.63, 3.8) is 0 Å². The molecule has 0 aromatic carbocycles. The normalized spacial score (nSPS) is 12.5. The first-order chi connectivity index (χ1) is 6.10. The Kier molecular flexibility index (Phi) is 6.29. The number of aliphatic hydroxyl groups excluding tert-OH is 1. The molecule has 0 aliphatic carbocycles. The summed E-state index contributed by atoms with van der Waals surface area (Å²) in [7, 11) is 4.11. The van der Waals surface area contributed by atoms with Gasteiger partial charge in [-0.3, -0.25) is 0 Å². The highest BCUT2D eigenvalue weighted by Gasteiger charge is 2.23. The highest BCUT2D eigenvalue weighted by Crippen LogP contribution is 2.13. The van der Waals surface area contributed by atoms with Gasteiger partial charge in [-0.05, 0) is 26.9 Å². The zero-order chi connectivity index (χ0) is 10.3. The lowest BCUT2D eigenvalue weighted by molar-refractivity contribution is 0.148. The minimum atomic E-state index is -0.0595. The van der Waals surface area contributed by atoms with Crippen LogP contribution in [0.1, 0.15) is 26.7 Å². The maximum Gasteiger partial charge on any atom is 0.0613 e. The molecule has 0 atom stereocenters. The van der Waals surface area contributed by atoms with E-state index in [0.29, 0.717) is 0 Å². The molecular formula is C10H24N2O. The zero-order valence-corrected chi connectivity index (χ0v) is 9.43. The highest BCUT2D eigenvalue weighted by molar-refractivity contribution is 4.84. The molecule has 0 rings (SSSR count). The number of hydrogen-bond donors (Lipinski definition) is 2. The second-order valence-corrected chi connectivity index (χ2v) is 3.88. The van der Waals surface area contributed by atoms with Crippen molar-refractivity contribution in [2.24, 2.45) is 0 Å². The number of nitrogens with zero attached hydrogens (tertiary/aromatic N) is 1. The Morgan fingerprint density at radius 1 is 1.23 bits per heavy atom. The van der Waals surface area contributed by atoms with Crippen molar-refractivity contribution in [3.8, 4) is 0 Å². The summed E-state index contributed by atoms with van der Waals surface area (Å²) in [4.78, 5) is 2.14. The SMILES string of the molecule is CCC(CC)(CO)NCCN(C)C. The van der Waals surface area contributed by atoms with Gasteiger partial charge >= 0.3 is 0 Å². The van der Waals surface area contributed by atoms with Gasteiger partial charge in [0.25, 0.3) is 0 Å². The van der Waals surface area contributed by atoms with Crippen LogP contribution in [0.25, 0.3) is 0 Å². The lowest BCUT2D eigenvalue weighted by Crippen LogP contribution is -2.49. The average molecular weight is 188 g/mol. The molecular weight excluding hydrogens is 164 g/mol. The number of hydrogen-bond acceptors (Lipinski definition) is 3. The van der Waals surface area contributed by atoms with E-state index in [2.05, 4.69) is 38.2 Å². The van der Waals surface area contributed by atoms with E-state index in [1.807, 2.05) is 0 Å². The highest BCUT2D eigenvalue weighted by atomic mass is 16.3. The molecule has 0 saturated carbocycles.